The third-order valence-electron chi connectivity index (χ3n) is 2.85. The lowest BCUT2D eigenvalue weighted by Crippen LogP contribution is -2.31. The topological polar surface area (TPSA) is 46.3 Å². The Kier molecular flexibility index (Phi) is 4.82. The van der Waals surface area contributed by atoms with Crippen molar-refractivity contribution in [3.63, 3.8) is 0 Å². The fourth-order valence-corrected chi connectivity index (χ4v) is 1.79. The van der Waals surface area contributed by atoms with Crippen LogP contribution in [-0.2, 0) is 0 Å². The lowest BCUT2D eigenvalue weighted by atomic mass is 10.1. The second kappa shape index (κ2) is 5.92. The predicted octanol–water partition coefficient (Wildman–Crippen LogP) is 3.04. The molecule has 0 spiro atoms. The zero-order valence-corrected chi connectivity index (χ0v) is 11.3. The molecule has 0 aliphatic rings. The number of nitrogens with zero attached hydrogens (tertiary/aromatic N) is 1. The molecular formula is C13H19ClN2O. The Hall–Kier alpha value is -1.22. The molecule has 0 radical (unpaired) electrons. The van der Waals surface area contributed by atoms with Crippen LogP contribution in [0, 0.1) is 5.92 Å². The molecule has 4 heteroatoms. The van der Waals surface area contributed by atoms with Crippen LogP contribution < -0.4 is 5.73 Å². The van der Waals surface area contributed by atoms with Gasteiger partial charge in [-0.2, -0.15) is 0 Å². The maximum atomic E-state index is 12.2. The maximum absolute atomic E-state index is 12.2. The van der Waals surface area contributed by atoms with Crippen molar-refractivity contribution < 1.29 is 4.79 Å². The number of carbonyl (C=O) groups is 1. The third kappa shape index (κ3) is 3.63. The Balaban J connectivity index is 2.85. The summed E-state index contributed by atoms with van der Waals surface area (Å²) in [6.45, 7) is 4.95. The first-order valence-electron chi connectivity index (χ1n) is 5.76. The number of benzene rings is 1. The number of nitrogen functional groups attached to an aromatic ring is 1. The fourth-order valence-electron chi connectivity index (χ4n) is 1.59. The molecule has 0 aliphatic carbocycles. The number of hydrogen-bond donors (Lipinski definition) is 1. The van der Waals surface area contributed by atoms with Gasteiger partial charge < -0.3 is 10.6 Å². The van der Waals surface area contributed by atoms with Gasteiger partial charge in [0, 0.05) is 19.3 Å². The van der Waals surface area contributed by atoms with Crippen molar-refractivity contribution in [1.82, 2.24) is 4.90 Å². The first-order chi connectivity index (χ1) is 7.95. The maximum Gasteiger partial charge on any atom is 0.255 e. The van der Waals surface area contributed by atoms with Gasteiger partial charge in [0.15, 0.2) is 0 Å². The molecule has 3 nitrogen and oxygen atoms in total. The zero-order valence-electron chi connectivity index (χ0n) is 10.5. The summed E-state index contributed by atoms with van der Waals surface area (Å²) in [4.78, 5) is 13.8. The molecule has 1 amide bonds. The zero-order chi connectivity index (χ0) is 13.0. The van der Waals surface area contributed by atoms with Crippen LogP contribution in [0.4, 0.5) is 5.69 Å². The van der Waals surface area contributed by atoms with E-state index in [1.807, 2.05) is 0 Å². The molecule has 0 heterocycles. The second-order valence-electron chi connectivity index (χ2n) is 4.44. The van der Waals surface area contributed by atoms with Gasteiger partial charge in [0.2, 0.25) is 0 Å². The number of hydrogen-bond acceptors (Lipinski definition) is 2. The molecule has 1 rings (SSSR count). The first kappa shape index (κ1) is 13.8. The van der Waals surface area contributed by atoms with E-state index >= 15 is 0 Å². The first-order valence-corrected chi connectivity index (χ1v) is 6.14. The Labute approximate surface area is 108 Å². The van der Waals surface area contributed by atoms with Crippen molar-refractivity contribution in [2.24, 2.45) is 5.92 Å². The third-order valence-corrected chi connectivity index (χ3v) is 3.18. The monoisotopic (exact) mass is 254 g/mol. The Morgan fingerprint density at radius 1 is 1.53 bits per heavy atom. The van der Waals surface area contributed by atoms with Gasteiger partial charge in [0.1, 0.15) is 0 Å². The molecule has 0 fully saturated rings. The van der Waals surface area contributed by atoms with Gasteiger partial charge in [-0.3, -0.25) is 4.79 Å². The van der Waals surface area contributed by atoms with E-state index in [0.717, 1.165) is 13.0 Å². The summed E-state index contributed by atoms with van der Waals surface area (Å²) in [5, 5.41) is 0.445. The lowest BCUT2D eigenvalue weighted by molar-refractivity contribution is 0.0775. The molecule has 0 aliphatic heterocycles. The SMILES string of the molecule is CCC(C)CN(C)C(=O)c1cc(N)ccc1Cl. The van der Waals surface area contributed by atoms with E-state index in [9.17, 15) is 4.79 Å². The summed E-state index contributed by atoms with van der Waals surface area (Å²) >= 11 is 6.00. The Morgan fingerprint density at radius 2 is 2.18 bits per heavy atom. The van der Waals surface area contributed by atoms with Crippen molar-refractivity contribution in [2.75, 3.05) is 19.3 Å². The highest BCUT2D eigenvalue weighted by atomic mass is 35.5. The largest absolute Gasteiger partial charge is 0.399 e. The number of nitrogens with two attached hydrogens (primary N) is 1. The average Bonchev–Trinajstić information content (AvgIpc) is 2.31. The molecule has 17 heavy (non-hydrogen) atoms. The van der Waals surface area contributed by atoms with E-state index in [2.05, 4.69) is 13.8 Å². The lowest BCUT2D eigenvalue weighted by Gasteiger charge is -2.21. The van der Waals surface area contributed by atoms with E-state index in [1.54, 1.807) is 30.1 Å². The van der Waals surface area contributed by atoms with Crippen LogP contribution in [0.2, 0.25) is 5.02 Å². The van der Waals surface area contributed by atoms with Crippen molar-refractivity contribution >= 4 is 23.2 Å². The minimum Gasteiger partial charge on any atom is -0.399 e. The minimum absolute atomic E-state index is 0.0809. The summed E-state index contributed by atoms with van der Waals surface area (Å²) in [6, 6.07) is 4.97. The molecule has 2 N–H and O–H groups in total. The van der Waals surface area contributed by atoms with Crippen LogP contribution in [0.25, 0.3) is 0 Å². The second-order valence-corrected chi connectivity index (χ2v) is 4.85. The van der Waals surface area contributed by atoms with Gasteiger partial charge in [-0.15, -0.1) is 0 Å². The highest BCUT2D eigenvalue weighted by Gasteiger charge is 2.16. The molecule has 0 saturated carbocycles. The van der Waals surface area contributed by atoms with Crippen LogP contribution in [0.5, 0.6) is 0 Å². The Bertz CT molecular complexity index is 406. The molecule has 1 unspecified atom stereocenters. The quantitative estimate of drug-likeness (QED) is 0.840. The summed E-state index contributed by atoms with van der Waals surface area (Å²) in [6.07, 6.45) is 1.04. The molecule has 1 atom stereocenters. The number of anilines is 1. The van der Waals surface area contributed by atoms with E-state index < -0.39 is 0 Å². The van der Waals surface area contributed by atoms with Gasteiger partial charge in [-0.25, -0.2) is 0 Å². The molecule has 0 aromatic heterocycles. The van der Waals surface area contributed by atoms with Crippen LogP contribution in [0.3, 0.4) is 0 Å². The molecule has 0 saturated heterocycles. The molecule has 0 bridgehead atoms. The van der Waals surface area contributed by atoms with Gasteiger partial charge >= 0.3 is 0 Å². The van der Waals surface area contributed by atoms with Crippen LogP contribution in [-0.4, -0.2) is 24.4 Å². The molecule has 1 aromatic rings. The van der Waals surface area contributed by atoms with E-state index in [1.165, 1.54) is 0 Å². The van der Waals surface area contributed by atoms with Gasteiger partial charge in [0.25, 0.3) is 5.91 Å². The number of amides is 1. The predicted molar refractivity (Wildman–Crippen MR) is 72.3 cm³/mol. The van der Waals surface area contributed by atoms with Crippen LogP contribution in [0.15, 0.2) is 18.2 Å². The standard InChI is InChI=1S/C13H19ClN2O/c1-4-9(2)8-16(3)13(17)11-7-10(15)5-6-12(11)14/h5-7,9H,4,8,15H2,1-3H3. The fraction of sp³-hybridized carbons (Fsp3) is 0.462. The summed E-state index contributed by atoms with van der Waals surface area (Å²) in [7, 11) is 1.79. The Morgan fingerprint density at radius 3 is 2.76 bits per heavy atom. The van der Waals surface area contributed by atoms with Crippen molar-refractivity contribution in [2.45, 2.75) is 20.3 Å². The van der Waals surface area contributed by atoms with E-state index in [0.29, 0.717) is 22.2 Å². The number of halogens is 1. The van der Waals surface area contributed by atoms with Gasteiger partial charge in [0.05, 0.1) is 10.6 Å². The summed E-state index contributed by atoms with van der Waals surface area (Å²) < 4.78 is 0. The van der Waals surface area contributed by atoms with Crippen molar-refractivity contribution in [1.29, 1.82) is 0 Å². The summed E-state index contributed by atoms with van der Waals surface area (Å²) in [5.41, 5.74) is 6.68. The molecular weight excluding hydrogens is 236 g/mol. The molecule has 1 aromatic carbocycles. The summed E-state index contributed by atoms with van der Waals surface area (Å²) in [5.74, 6) is 0.395. The molecule has 94 valence electrons. The number of carbonyl (C=O) groups excluding carboxylic acids is 1. The van der Waals surface area contributed by atoms with Crippen LogP contribution >= 0.6 is 11.6 Å². The highest BCUT2D eigenvalue weighted by molar-refractivity contribution is 6.33. The number of rotatable bonds is 4. The minimum atomic E-state index is -0.0809. The normalized spacial score (nSPS) is 12.2. The van der Waals surface area contributed by atoms with E-state index in [-0.39, 0.29) is 5.91 Å². The average molecular weight is 255 g/mol. The van der Waals surface area contributed by atoms with Crippen molar-refractivity contribution in [3.05, 3.63) is 28.8 Å². The highest BCUT2D eigenvalue weighted by Crippen LogP contribution is 2.20. The van der Waals surface area contributed by atoms with E-state index in [4.69, 9.17) is 17.3 Å². The van der Waals surface area contributed by atoms with Gasteiger partial charge in [-0.05, 0) is 24.1 Å². The van der Waals surface area contributed by atoms with Crippen molar-refractivity contribution in [3.8, 4) is 0 Å². The van der Waals surface area contributed by atoms with Crippen LogP contribution in [0.1, 0.15) is 30.6 Å². The van der Waals surface area contributed by atoms with Gasteiger partial charge in [-0.1, -0.05) is 31.9 Å². The smallest absolute Gasteiger partial charge is 0.255 e.